The Morgan fingerprint density at radius 3 is 2.43 bits per heavy atom. The summed E-state index contributed by atoms with van der Waals surface area (Å²) < 4.78 is 37.5. The molecule has 0 saturated heterocycles. The van der Waals surface area contributed by atoms with Crippen molar-refractivity contribution in [2.75, 3.05) is 21.3 Å². The zero-order chi connectivity index (χ0) is 21.9. The molecule has 1 N–H and O–H groups in total. The van der Waals surface area contributed by atoms with Gasteiger partial charge in [0, 0.05) is 13.1 Å². The molecule has 0 unspecified atom stereocenters. The molecular formula is C21H24N2O6S. The average Bonchev–Trinajstić information content (AvgIpc) is 2.75. The quantitative estimate of drug-likeness (QED) is 0.659. The van der Waals surface area contributed by atoms with E-state index in [0.717, 1.165) is 9.87 Å². The van der Waals surface area contributed by atoms with Crippen LogP contribution in [0.1, 0.15) is 11.1 Å². The van der Waals surface area contributed by atoms with E-state index in [1.54, 1.807) is 6.07 Å². The van der Waals surface area contributed by atoms with Gasteiger partial charge in [0.05, 0.1) is 25.2 Å². The summed E-state index contributed by atoms with van der Waals surface area (Å²) in [6, 6.07) is 10.5. The van der Waals surface area contributed by atoms with Crippen LogP contribution in [0.3, 0.4) is 0 Å². The molecule has 2 aromatic carbocycles. The maximum atomic E-state index is 13.0. The second-order valence-corrected chi connectivity index (χ2v) is 8.96. The van der Waals surface area contributed by atoms with Crippen LogP contribution in [0.4, 0.5) is 0 Å². The van der Waals surface area contributed by atoms with Gasteiger partial charge in [0.25, 0.3) is 0 Å². The molecule has 0 saturated carbocycles. The number of benzene rings is 2. The van der Waals surface area contributed by atoms with Gasteiger partial charge >= 0.3 is 0 Å². The van der Waals surface area contributed by atoms with E-state index >= 15 is 0 Å². The van der Waals surface area contributed by atoms with Gasteiger partial charge in [-0.25, -0.2) is 8.42 Å². The monoisotopic (exact) mass is 432 g/mol. The van der Waals surface area contributed by atoms with Crippen molar-refractivity contribution in [1.29, 1.82) is 0 Å². The first-order valence-electron chi connectivity index (χ1n) is 9.34. The third kappa shape index (κ3) is 4.17. The number of ether oxygens (including phenoxy) is 2. The Morgan fingerprint density at radius 1 is 1.20 bits per heavy atom. The summed E-state index contributed by atoms with van der Waals surface area (Å²) >= 11 is 0. The van der Waals surface area contributed by atoms with Crippen LogP contribution in [0, 0.1) is 0 Å². The van der Waals surface area contributed by atoms with Crippen molar-refractivity contribution in [3.05, 3.63) is 53.6 Å². The Labute approximate surface area is 175 Å². The molecule has 8 nitrogen and oxygen atoms in total. The number of nitrogens with zero attached hydrogens (tertiary/aromatic N) is 1. The van der Waals surface area contributed by atoms with E-state index in [4.69, 9.17) is 9.47 Å². The van der Waals surface area contributed by atoms with Crippen molar-refractivity contribution in [3.63, 3.8) is 0 Å². The normalized spacial score (nSPS) is 18.7. The first-order valence-corrected chi connectivity index (χ1v) is 10.8. The van der Waals surface area contributed by atoms with E-state index in [2.05, 4.69) is 5.32 Å². The summed E-state index contributed by atoms with van der Waals surface area (Å²) in [5, 5.41) is 2.67. The third-order valence-corrected chi connectivity index (χ3v) is 7.12. The molecule has 1 aliphatic rings. The van der Waals surface area contributed by atoms with Crippen LogP contribution in [0.15, 0.2) is 47.4 Å². The molecule has 0 aromatic heterocycles. The fourth-order valence-electron chi connectivity index (χ4n) is 3.50. The molecule has 0 aliphatic carbocycles. The number of nitrogens with one attached hydrogen (secondary N) is 1. The third-order valence-electron chi connectivity index (χ3n) is 5.17. The Balaban J connectivity index is 1.86. The van der Waals surface area contributed by atoms with Gasteiger partial charge in [-0.1, -0.05) is 30.3 Å². The molecule has 3 rings (SSSR count). The van der Waals surface area contributed by atoms with Crippen LogP contribution in [-0.2, 0) is 32.5 Å². The van der Waals surface area contributed by atoms with E-state index < -0.39 is 28.0 Å². The molecule has 1 heterocycles. The number of rotatable bonds is 7. The summed E-state index contributed by atoms with van der Waals surface area (Å²) in [5.41, 5.74) is 1.35. The summed E-state index contributed by atoms with van der Waals surface area (Å²) in [4.78, 5) is 24.5. The summed E-state index contributed by atoms with van der Waals surface area (Å²) in [7, 11) is 0.305. The topological polar surface area (TPSA) is 102 Å². The first-order chi connectivity index (χ1) is 14.3. The van der Waals surface area contributed by atoms with Gasteiger partial charge in [-0.15, -0.1) is 0 Å². The van der Waals surface area contributed by atoms with Crippen molar-refractivity contribution >= 4 is 22.2 Å². The number of methoxy groups -OCH3 is 2. The van der Waals surface area contributed by atoms with Crippen molar-refractivity contribution in [1.82, 2.24) is 9.62 Å². The Kier molecular flexibility index (Phi) is 6.42. The number of carbonyl (C=O) groups excluding carboxylic acids is 2. The highest BCUT2D eigenvalue weighted by Gasteiger charge is 2.40. The minimum Gasteiger partial charge on any atom is -0.493 e. The summed E-state index contributed by atoms with van der Waals surface area (Å²) in [6.07, 6.45) is 1.12. The standard InChI is InChI=1S/C21H24N2O6S/c1-23-17(21(25)22-16(13-24)9-14-7-5-4-6-8-14)10-15-11-18(28-2)19(29-3)12-20(15)30(23,26)27/h4-8,11-13,16-17H,9-10H2,1-3H3,(H,22,25)/t16-,17+/m0/s1. The molecule has 0 spiro atoms. The molecule has 0 bridgehead atoms. The predicted octanol–water partition coefficient (Wildman–Crippen LogP) is 1.18. The van der Waals surface area contributed by atoms with Crippen LogP contribution in [0.2, 0.25) is 0 Å². The second-order valence-electron chi connectivity index (χ2n) is 7.00. The predicted molar refractivity (Wildman–Crippen MR) is 110 cm³/mol. The van der Waals surface area contributed by atoms with Crippen LogP contribution < -0.4 is 14.8 Å². The minimum atomic E-state index is -3.93. The number of likely N-dealkylation sites (N-methyl/N-ethyl adjacent to an activating group) is 1. The number of hydrogen-bond donors (Lipinski definition) is 1. The largest absolute Gasteiger partial charge is 0.493 e. The smallest absolute Gasteiger partial charge is 0.243 e. The molecular weight excluding hydrogens is 408 g/mol. The molecule has 9 heteroatoms. The first kappa shape index (κ1) is 21.8. The molecule has 1 aliphatic heterocycles. The lowest BCUT2D eigenvalue weighted by molar-refractivity contribution is -0.127. The fraction of sp³-hybridized carbons (Fsp3) is 0.333. The number of amides is 1. The molecule has 30 heavy (non-hydrogen) atoms. The van der Waals surface area contributed by atoms with E-state index in [9.17, 15) is 18.0 Å². The van der Waals surface area contributed by atoms with Crippen molar-refractivity contribution < 1.29 is 27.5 Å². The van der Waals surface area contributed by atoms with Gasteiger partial charge in [-0.05, 0) is 30.0 Å². The van der Waals surface area contributed by atoms with Crippen molar-refractivity contribution in [2.24, 2.45) is 0 Å². The summed E-state index contributed by atoms with van der Waals surface area (Å²) in [6.45, 7) is 0. The highest BCUT2D eigenvalue weighted by molar-refractivity contribution is 7.89. The van der Waals surface area contributed by atoms with Gasteiger partial charge in [-0.2, -0.15) is 4.31 Å². The molecule has 2 atom stereocenters. The number of carbonyl (C=O) groups is 2. The van der Waals surface area contributed by atoms with Gasteiger partial charge in [0.2, 0.25) is 15.9 Å². The molecule has 0 fully saturated rings. The van der Waals surface area contributed by atoms with Crippen LogP contribution in [0.25, 0.3) is 0 Å². The van der Waals surface area contributed by atoms with Crippen molar-refractivity contribution in [3.8, 4) is 11.5 Å². The van der Waals surface area contributed by atoms with Gasteiger partial charge < -0.3 is 19.6 Å². The lowest BCUT2D eigenvalue weighted by Crippen LogP contribution is -2.54. The van der Waals surface area contributed by atoms with E-state index in [0.29, 0.717) is 29.8 Å². The highest BCUT2D eigenvalue weighted by atomic mass is 32.2. The average molecular weight is 432 g/mol. The van der Waals surface area contributed by atoms with Crippen LogP contribution in [-0.4, -0.2) is 58.3 Å². The van der Waals surface area contributed by atoms with Crippen molar-refractivity contribution in [2.45, 2.75) is 29.8 Å². The summed E-state index contributed by atoms with van der Waals surface area (Å²) in [5.74, 6) is 0.138. The minimum absolute atomic E-state index is 0.0722. The SMILES string of the molecule is COc1cc2c(cc1OC)S(=O)(=O)N(C)[C@@H](C(=O)N[C@H](C=O)Cc1ccccc1)C2. The van der Waals surface area contributed by atoms with Crippen LogP contribution in [0.5, 0.6) is 11.5 Å². The molecule has 1 amide bonds. The Morgan fingerprint density at radius 2 is 1.83 bits per heavy atom. The molecule has 160 valence electrons. The molecule has 0 radical (unpaired) electrons. The lowest BCUT2D eigenvalue weighted by Gasteiger charge is -2.33. The fourth-order valence-corrected chi connectivity index (χ4v) is 5.04. The zero-order valence-electron chi connectivity index (χ0n) is 17.0. The van der Waals surface area contributed by atoms with Gasteiger partial charge in [0.1, 0.15) is 12.3 Å². The number of hydrogen-bond acceptors (Lipinski definition) is 6. The van der Waals surface area contributed by atoms with E-state index in [1.807, 2.05) is 30.3 Å². The second kappa shape index (κ2) is 8.85. The van der Waals surface area contributed by atoms with E-state index in [-0.39, 0.29) is 11.3 Å². The zero-order valence-corrected chi connectivity index (χ0v) is 17.8. The maximum absolute atomic E-state index is 13.0. The number of sulfonamides is 1. The van der Waals surface area contributed by atoms with E-state index in [1.165, 1.54) is 27.3 Å². The maximum Gasteiger partial charge on any atom is 0.243 e. The number of fused-ring (bicyclic) bond motifs is 1. The van der Waals surface area contributed by atoms with Gasteiger partial charge in [-0.3, -0.25) is 4.79 Å². The molecule has 2 aromatic rings. The highest BCUT2D eigenvalue weighted by Crippen LogP contribution is 2.37. The van der Waals surface area contributed by atoms with Gasteiger partial charge in [0.15, 0.2) is 11.5 Å². The Hall–Kier alpha value is -2.91. The lowest BCUT2D eigenvalue weighted by atomic mass is 10.0. The number of aldehydes is 1. The Bertz CT molecular complexity index is 1040. The van der Waals surface area contributed by atoms with Crippen LogP contribution >= 0.6 is 0 Å².